The number of carboxylic acids is 3. The summed E-state index contributed by atoms with van der Waals surface area (Å²) in [4.78, 5) is 56.5. The fraction of sp³-hybridized carbons (Fsp3) is 0.421. The quantitative estimate of drug-likeness (QED) is 0.241. The third kappa shape index (κ3) is 11.1. The summed E-state index contributed by atoms with van der Waals surface area (Å²) >= 11 is 0. The minimum Gasteiger partial charge on any atom is -0.481 e. The lowest BCUT2D eigenvalue weighted by Gasteiger charge is -2.18. The van der Waals surface area contributed by atoms with Crippen LogP contribution in [0.25, 0.3) is 0 Å². The van der Waals surface area contributed by atoms with Crippen molar-refractivity contribution in [2.75, 3.05) is 6.54 Å². The number of ether oxygens (including phenoxy) is 1. The van der Waals surface area contributed by atoms with Crippen molar-refractivity contribution < 1.29 is 44.0 Å². The Balaban J connectivity index is 2.36. The van der Waals surface area contributed by atoms with Gasteiger partial charge < -0.3 is 36.0 Å². The van der Waals surface area contributed by atoms with Crippen LogP contribution >= 0.6 is 0 Å². The standard InChI is InChI=1S/C19H25N3O9/c23-15(24)9-8-14(17(27)28)22-18(29)21-13(16(25)26)7-4-10-20-19(30)31-11-12-5-2-1-3-6-12/h1-3,5-6,13-14H,4,7-11H2,(H,20,30)(H,23,24)(H,25,26)(H,27,28)(H2,21,22,29)/t13-,14-/m0/s1. The molecule has 12 heteroatoms. The number of urea groups is 1. The maximum absolute atomic E-state index is 11.9. The lowest BCUT2D eigenvalue weighted by Crippen LogP contribution is -2.51. The first-order valence-corrected chi connectivity index (χ1v) is 9.38. The molecule has 31 heavy (non-hydrogen) atoms. The predicted molar refractivity (Wildman–Crippen MR) is 105 cm³/mol. The number of hydrogen-bond donors (Lipinski definition) is 6. The van der Waals surface area contributed by atoms with E-state index in [4.69, 9.17) is 14.9 Å². The van der Waals surface area contributed by atoms with E-state index in [0.29, 0.717) is 0 Å². The van der Waals surface area contributed by atoms with Crippen molar-refractivity contribution in [1.29, 1.82) is 0 Å². The Labute approximate surface area is 177 Å². The molecule has 0 fully saturated rings. The molecule has 0 unspecified atom stereocenters. The largest absolute Gasteiger partial charge is 0.481 e. The van der Waals surface area contributed by atoms with Gasteiger partial charge in [-0.05, 0) is 24.8 Å². The number of amides is 3. The molecular weight excluding hydrogens is 414 g/mol. The second-order valence-electron chi connectivity index (χ2n) is 6.46. The van der Waals surface area contributed by atoms with Gasteiger partial charge in [-0.2, -0.15) is 0 Å². The summed E-state index contributed by atoms with van der Waals surface area (Å²) in [5, 5.41) is 33.4. The number of hydrogen-bond acceptors (Lipinski definition) is 6. The van der Waals surface area contributed by atoms with E-state index in [1.807, 2.05) is 11.4 Å². The van der Waals surface area contributed by atoms with Crippen LogP contribution in [0.4, 0.5) is 9.59 Å². The molecule has 0 bridgehead atoms. The highest BCUT2D eigenvalue weighted by atomic mass is 16.5. The zero-order valence-electron chi connectivity index (χ0n) is 16.6. The SMILES string of the molecule is O=C(O)CC[C@H](NC(=O)N[C@@H](CCCNC(=O)OCc1ccccc1)C(=O)O)C(=O)O. The molecule has 0 aromatic heterocycles. The van der Waals surface area contributed by atoms with Gasteiger partial charge in [0.2, 0.25) is 0 Å². The number of aliphatic carboxylic acids is 3. The summed E-state index contributed by atoms with van der Waals surface area (Å²) in [6.07, 6.45) is -1.37. The molecule has 0 radical (unpaired) electrons. The van der Waals surface area contributed by atoms with Crippen molar-refractivity contribution in [3.63, 3.8) is 0 Å². The molecule has 0 saturated carbocycles. The van der Waals surface area contributed by atoms with Gasteiger partial charge in [0.15, 0.2) is 0 Å². The Morgan fingerprint density at radius 2 is 1.45 bits per heavy atom. The van der Waals surface area contributed by atoms with Crippen LogP contribution in [0.15, 0.2) is 30.3 Å². The van der Waals surface area contributed by atoms with Gasteiger partial charge in [-0.15, -0.1) is 0 Å². The van der Waals surface area contributed by atoms with E-state index >= 15 is 0 Å². The first-order chi connectivity index (χ1) is 14.7. The molecule has 2 atom stereocenters. The number of nitrogens with one attached hydrogen (secondary N) is 3. The normalized spacial score (nSPS) is 12.1. The molecule has 0 spiro atoms. The van der Waals surface area contributed by atoms with E-state index in [9.17, 15) is 29.1 Å². The third-order valence-electron chi connectivity index (χ3n) is 4.01. The lowest BCUT2D eigenvalue weighted by molar-refractivity contribution is -0.140. The third-order valence-corrected chi connectivity index (χ3v) is 4.01. The summed E-state index contributed by atoms with van der Waals surface area (Å²) < 4.78 is 5.01. The number of carbonyl (C=O) groups excluding carboxylic acids is 2. The fourth-order valence-corrected chi connectivity index (χ4v) is 2.41. The Bertz CT molecular complexity index is 770. The highest BCUT2D eigenvalue weighted by Crippen LogP contribution is 2.02. The molecule has 1 rings (SSSR count). The number of rotatable bonds is 13. The molecule has 3 amide bonds. The fourth-order valence-electron chi connectivity index (χ4n) is 2.41. The molecule has 0 saturated heterocycles. The molecule has 0 aliphatic rings. The molecule has 0 aliphatic carbocycles. The number of carboxylic acid groups (broad SMARTS) is 3. The van der Waals surface area contributed by atoms with Crippen LogP contribution in [0.3, 0.4) is 0 Å². The molecule has 12 nitrogen and oxygen atoms in total. The van der Waals surface area contributed by atoms with Crippen molar-refractivity contribution in [2.45, 2.75) is 44.4 Å². The van der Waals surface area contributed by atoms with Crippen molar-refractivity contribution in [3.8, 4) is 0 Å². The second kappa shape index (κ2) is 13.4. The Morgan fingerprint density at radius 3 is 2.00 bits per heavy atom. The average molecular weight is 439 g/mol. The van der Waals surface area contributed by atoms with Crippen molar-refractivity contribution in [2.24, 2.45) is 0 Å². The first-order valence-electron chi connectivity index (χ1n) is 9.38. The maximum Gasteiger partial charge on any atom is 0.407 e. The van der Waals surface area contributed by atoms with Crippen LogP contribution in [-0.4, -0.2) is 64.0 Å². The van der Waals surface area contributed by atoms with Gasteiger partial charge >= 0.3 is 30.0 Å². The van der Waals surface area contributed by atoms with Gasteiger partial charge in [0.1, 0.15) is 18.7 Å². The van der Waals surface area contributed by atoms with Crippen LogP contribution in [0.5, 0.6) is 0 Å². The Kier molecular flexibility index (Phi) is 10.9. The summed E-state index contributed by atoms with van der Waals surface area (Å²) in [5.74, 6) is -4.02. The van der Waals surface area contributed by atoms with Crippen molar-refractivity contribution in [1.82, 2.24) is 16.0 Å². The molecule has 0 heterocycles. The molecule has 0 aliphatic heterocycles. The van der Waals surface area contributed by atoms with Crippen LogP contribution < -0.4 is 16.0 Å². The molecule has 1 aromatic rings. The lowest BCUT2D eigenvalue weighted by atomic mass is 10.1. The van der Waals surface area contributed by atoms with Crippen LogP contribution in [0.2, 0.25) is 0 Å². The van der Waals surface area contributed by atoms with E-state index in [0.717, 1.165) is 5.56 Å². The topological polar surface area (TPSA) is 191 Å². The van der Waals surface area contributed by atoms with Crippen LogP contribution in [-0.2, 0) is 25.7 Å². The average Bonchev–Trinajstić information content (AvgIpc) is 2.72. The zero-order valence-corrected chi connectivity index (χ0v) is 16.6. The first kappa shape index (κ1) is 25.2. The summed E-state index contributed by atoms with van der Waals surface area (Å²) in [6, 6.07) is 5.14. The number of carbonyl (C=O) groups is 5. The Hall–Kier alpha value is -3.83. The number of benzene rings is 1. The second-order valence-corrected chi connectivity index (χ2v) is 6.46. The van der Waals surface area contributed by atoms with Crippen molar-refractivity contribution in [3.05, 3.63) is 35.9 Å². The summed E-state index contributed by atoms with van der Waals surface area (Å²) in [7, 11) is 0. The van der Waals surface area contributed by atoms with Gasteiger partial charge in [-0.1, -0.05) is 30.3 Å². The molecule has 170 valence electrons. The van der Waals surface area contributed by atoms with Gasteiger partial charge in [0.05, 0.1) is 0 Å². The van der Waals surface area contributed by atoms with Gasteiger partial charge in [-0.3, -0.25) is 4.79 Å². The molecule has 1 aromatic carbocycles. The summed E-state index contributed by atoms with van der Waals surface area (Å²) in [6.45, 7) is 0.176. The van der Waals surface area contributed by atoms with E-state index in [1.54, 1.807) is 24.3 Å². The van der Waals surface area contributed by atoms with Gasteiger partial charge in [-0.25, -0.2) is 19.2 Å². The molecule has 6 N–H and O–H groups in total. The molecular formula is C19H25N3O9. The van der Waals surface area contributed by atoms with Crippen LogP contribution in [0.1, 0.15) is 31.2 Å². The zero-order chi connectivity index (χ0) is 23.2. The van der Waals surface area contributed by atoms with Gasteiger partial charge in [0, 0.05) is 13.0 Å². The Morgan fingerprint density at radius 1 is 0.871 bits per heavy atom. The monoisotopic (exact) mass is 439 g/mol. The smallest absolute Gasteiger partial charge is 0.407 e. The highest BCUT2D eigenvalue weighted by molar-refractivity contribution is 5.86. The van der Waals surface area contributed by atoms with Crippen LogP contribution in [0, 0.1) is 0 Å². The summed E-state index contributed by atoms with van der Waals surface area (Å²) in [5.41, 5.74) is 0.807. The predicted octanol–water partition coefficient (Wildman–Crippen LogP) is 0.763. The number of alkyl carbamates (subject to hydrolysis) is 1. The minimum absolute atomic E-state index is 0.0470. The maximum atomic E-state index is 11.9. The highest BCUT2D eigenvalue weighted by Gasteiger charge is 2.24. The van der Waals surface area contributed by atoms with Crippen molar-refractivity contribution >= 4 is 30.0 Å². The van der Waals surface area contributed by atoms with E-state index in [2.05, 4.69) is 10.6 Å². The van der Waals surface area contributed by atoms with E-state index < -0.39 is 48.5 Å². The van der Waals surface area contributed by atoms with E-state index in [-0.39, 0.29) is 32.4 Å². The van der Waals surface area contributed by atoms with Gasteiger partial charge in [0.25, 0.3) is 0 Å². The minimum atomic E-state index is -1.48. The van der Waals surface area contributed by atoms with E-state index in [1.165, 1.54) is 0 Å².